The zero-order chi connectivity index (χ0) is 22.3. The maximum Gasteiger partial charge on any atom is 0.411 e. The molecule has 2 aromatic rings. The van der Waals surface area contributed by atoms with Crippen LogP contribution in [-0.2, 0) is 14.3 Å². The molecule has 0 unspecified atom stereocenters. The van der Waals surface area contributed by atoms with E-state index in [1.807, 2.05) is 0 Å². The second-order valence-electron chi connectivity index (χ2n) is 7.68. The summed E-state index contributed by atoms with van der Waals surface area (Å²) in [7, 11) is 0. The number of ether oxygens (including phenoxy) is 1. The maximum absolute atomic E-state index is 12.5. The van der Waals surface area contributed by atoms with E-state index in [1.165, 1.54) is 0 Å². The summed E-state index contributed by atoms with van der Waals surface area (Å²) in [6.07, 6.45) is -0.776. The van der Waals surface area contributed by atoms with Crippen molar-refractivity contribution in [3.63, 3.8) is 0 Å². The van der Waals surface area contributed by atoms with Gasteiger partial charge in [0.2, 0.25) is 11.8 Å². The first kappa shape index (κ1) is 22.5. The maximum atomic E-state index is 12.5. The highest BCUT2D eigenvalue weighted by atomic mass is 16.6. The van der Waals surface area contributed by atoms with Gasteiger partial charge in [0.15, 0.2) is 0 Å². The van der Waals surface area contributed by atoms with Gasteiger partial charge in [0.1, 0.15) is 18.7 Å². The van der Waals surface area contributed by atoms with Gasteiger partial charge >= 0.3 is 6.09 Å². The van der Waals surface area contributed by atoms with Crippen molar-refractivity contribution < 1.29 is 19.1 Å². The number of anilines is 4. The first-order chi connectivity index (χ1) is 14.0. The highest BCUT2D eigenvalue weighted by Gasteiger charge is 2.26. The van der Waals surface area contributed by atoms with Crippen LogP contribution in [0.15, 0.2) is 48.5 Å². The molecule has 0 saturated heterocycles. The summed E-state index contributed by atoms with van der Waals surface area (Å²) in [6.45, 7) is 4.37. The van der Waals surface area contributed by atoms with E-state index in [0.717, 1.165) is 4.90 Å². The smallest absolute Gasteiger partial charge is 0.411 e. The Labute approximate surface area is 175 Å². The molecule has 0 atom stereocenters. The zero-order valence-corrected chi connectivity index (χ0v) is 17.3. The van der Waals surface area contributed by atoms with Gasteiger partial charge in [0.05, 0.1) is 0 Å². The number of benzene rings is 2. The second-order valence-corrected chi connectivity index (χ2v) is 7.68. The van der Waals surface area contributed by atoms with Crippen LogP contribution in [0.2, 0.25) is 0 Å². The lowest BCUT2D eigenvalue weighted by atomic mass is 10.2. The van der Waals surface area contributed by atoms with Crippen LogP contribution < -0.4 is 22.1 Å². The third-order valence-corrected chi connectivity index (χ3v) is 3.71. The molecule has 30 heavy (non-hydrogen) atoms. The molecule has 0 spiro atoms. The lowest BCUT2D eigenvalue weighted by molar-refractivity contribution is -0.120. The van der Waals surface area contributed by atoms with E-state index in [2.05, 4.69) is 10.6 Å². The SMILES string of the molecule is CC(C)(C)OC(=O)N(CC(=O)Nc1ccc(N)cc1)CC(=O)Nc1ccc(N)cc1. The lowest BCUT2D eigenvalue weighted by Gasteiger charge is -2.26. The largest absolute Gasteiger partial charge is 0.444 e. The molecule has 2 aromatic carbocycles. The number of nitrogens with zero attached hydrogens (tertiary/aromatic N) is 1. The Morgan fingerprint density at radius 3 is 1.50 bits per heavy atom. The predicted molar refractivity (Wildman–Crippen MR) is 117 cm³/mol. The van der Waals surface area contributed by atoms with Crippen molar-refractivity contribution in [1.29, 1.82) is 0 Å². The molecule has 0 radical (unpaired) electrons. The summed E-state index contributed by atoms with van der Waals surface area (Å²) in [6, 6.07) is 13.1. The van der Waals surface area contributed by atoms with Crippen molar-refractivity contribution in [2.45, 2.75) is 26.4 Å². The lowest BCUT2D eigenvalue weighted by Crippen LogP contribution is -2.45. The Balaban J connectivity index is 2.05. The Morgan fingerprint density at radius 1 is 0.800 bits per heavy atom. The van der Waals surface area contributed by atoms with Gasteiger partial charge < -0.3 is 26.8 Å². The molecule has 9 heteroatoms. The molecular formula is C21H27N5O4. The third kappa shape index (κ3) is 7.70. The van der Waals surface area contributed by atoms with Crippen LogP contribution in [0.25, 0.3) is 0 Å². The fourth-order valence-corrected chi connectivity index (χ4v) is 2.39. The third-order valence-electron chi connectivity index (χ3n) is 3.71. The summed E-state index contributed by atoms with van der Waals surface area (Å²) in [5.41, 5.74) is 12.6. The van der Waals surface area contributed by atoms with Gasteiger partial charge in [-0.15, -0.1) is 0 Å². The first-order valence-electron chi connectivity index (χ1n) is 9.30. The van der Waals surface area contributed by atoms with E-state index >= 15 is 0 Å². The van der Waals surface area contributed by atoms with Crippen molar-refractivity contribution in [3.8, 4) is 0 Å². The van der Waals surface area contributed by atoms with E-state index in [9.17, 15) is 14.4 Å². The normalized spacial score (nSPS) is 10.8. The Morgan fingerprint density at radius 2 is 1.17 bits per heavy atom. The van der Waals surface area contributed by atoms with E-state index in [1.54, 1.807) is 69.3 Å². The summed E-state index contributed by atoms with van der Waals surface area (Å²) in [5, 5.41) is 5.31. The van der Waals surface area contributed by atoms with Gasteiger partial charge in [0, 0.05) is 22.7 Å². The molecule has 0 aliphatic heterocycles. The van der Waals surface area contributed by atoms with E-state index in [4.69, 9.17) is 16.2 Å². The topological polar surface area (TPSA) is 140 Å². The van der Waals surface area contributed by atoms with Gasteiger partial charge in [-0.05, 0) is 69.3 Å². The highest BCUT2D eigenvalue weighted by Crippen LogP contribution is 2.14. The minimum atomic E-state index is -0.782. The average Bonchev–Trinajstić information content (AvgIpc) is 2.63. The summed E-state index contributed by atoms with van der Waals surface area (Å²) in [5.74, 6) is -0.961. The van der Waals surface area contributed by atoms with Gasteiger partial charge in [-0.25, -0.2) is 4.79 Å². The van der Waals surface area contributed by atoms with E-state index in [0.29, 0.717) is 22.7 Å². The molecule has 0 aliphatic carbocycles. The molecule has 0 heterocycles. The molecule has 9 nitrogen and oxygen atoms in total. The summed E-state index contributed by atoms with van der Waals surface area (Å²) in [4.78, 5) is 38.4. The Hall–Kier alpha value is -3.75. The van der Waals surface area contributed by atoms with Gasteiger partial charge in [-0.2, -0.15) is 0 Å². The summed E-state index contributed by atoms with van der Waals surface area (Å²) < 4.78 is 5.33. The fourth-order valence-electron chi connectivity index (χ4n) is 2.39. The number of carbonyl (C=O) groups excluding carboxylic acids is 3. The predicted octanol–water partition coefficient (Wildman–Crippen LogP) is 2.67. The molecule has 0 saturated carbocycles. The Kier molecular flexibility index (Phi) is 7.24. The number of rotatable bonds is 6. The highest BCUT2D eigenvalue weighted by molar-refractivity contribution is 5.97. The van der Waals surface area contributed by atoms with Crippen LogP contribution in [0.3, 0.4) is 0 Å². The Bertz CT molecular complexity index is 828. The molecule has 0 fully saturated rings. The number of hydrogen-bond acceptors (Lipinski definition) is 6. The van der Waals surface area contributed by atoms with Gasteiger partial charge in [-0.1, -0.05) is 0 Å². The molecule has 160 valence electrons. The molecule has 6 N–H and O–H groups in total. The van der Waals surface area contributed by atoms with E-state index in [-0.39, 0.29) is 13.1 Å². The van der Waals surface area contributed by atoms with Crippen LogP contribution in [0.1, 0.15) is 20.8 Å². The number of nitrogens with one attached hydrogen (secondary N) is 2. The fraction of sp³-hybridized carbons (Fsp3) is 0.286. The number of hydrogen-bond donors (Lipinski definition) is 4. The molecule has 2 rings (SSSR count). The molecule has 3 amide bonds. The zero-order valence-electron chi connectivity index (χ0n) is 17.3. The quantitative estimate of drug-likeness (QED) is 0.537. The minimum absolute atomic E-state index is 0.367. The number of nitrogens with two attached hydrogens (primary N) is 2. The standard InChI is InChI=1S/C21H27N5O4/c1-21(2,3)30-20(29)26(12-18(27)24-16-8-4-14(22)5-9-16)13-19(28)25-17-10-6-15(23)7-11-17/h4-11H,12-13,22-23H2,1-3H3,(H,24,27)(H,25,28). The molecule has 0 aliphatic rings. The van der Waals surface area contributed by atoms with Crippen LogP contribution in [-0.4, -0.2) is 41.5 Å². The molecular weight excluding hydrogens is 386 g/mol. The number of nitrogen functional groups attached to an aromatic ring is 2. The van der Waals surface area contributed by atoms with E-state index < -0.39 is 23.5 Å². The molecule has 0 bridgehead atoms. The van der Waals surface area contributed by atoms with Crippen LogP contribution in [0, 0.1) is 0 Å². The number of carbonyl (C=O) groups is 3. The monoisotopic (exact) mass is 413 g/mol. The van der Waals surface area contributed by atoms with Crippen molar-refractivity contribution in [1.82, 2.24) is 4.90 Å². The average molecular weight is 413 g/mol. The first-order valence-corrected chi connectivity index (χ1v) is 9.30. The second kappa shape index (κ2) is 9.64. The van der Waals surface area contributed by atoms with Crippen molar-refractivity contribution in [2.75, 3.05) is 35.2 Å². The van der Waals surface area contributed by atoms with Crippen LogP contribution in [0.5, 0.6) is 0 Å². The van der Waals surface area contributed by atoms with Crippen molar-refractivity contribution >= 4 is 40.7 Å². The number of amides is 3. The van der Waals surface area contributed by atoms with Crippen molar-refractivity contribution in [3.05, 3.63) is 48.5 Å². The minimum Gasteiger partial charge on any atom is -0.444 e. The van der Waals surface area contributed by atoms with Crippen LogP contribution in [0.4, 0.5) is 27.5 Å². The van der Waals surface area contributed by atoms with Crippen LogP contribution >= 0.6 is 0 Å². The molecule has 0 aromatic heterocycles. The van der Waals surface area contributed by atoms with Gasteiger partial charge in [0.25, 0.3) is 0 Å². The van der Waals surface area contributed by atoms with Crippen molar-refractivity contribution in [2.24, 2.45) is 0 Å². The summed E-state index contributed by atoms with van der Waals surface area (Å²) >= 11 is 0. The van der Waals surface area contributed by atoms with Gasteiger partial charge in [-0.3, -0.25) is 14.5 Å².